The summed E-state index contributed by atoms with van der Waals surface area (Å²) in [5, 5.41) is 0. The van der Waals surface area contributed by atoms with Crippen LogP contribution in [0.4, 0.5) is 5.69 Å². The van der Waals surface area contributed by atoms with Crippen LogP contribution in [-0.2, 0) is 11.3 Å². The van der Waals surface area contributed by atoms with Gasteiger partial charge in [0, 0.05) is 32.4 Å². The number of nitrogens with zero attached hydrogens (tertiary/aromatic N) is 1. The maximum absolute atomic E-state index is 5.61. The van der Waals surface area contributed by atoms with Crippen LogP contribution >= 0.6 is 0 Å². The first-order valence-corrected chi connectivity index (χ1v) is 4.87. The van der Waals surface area contributed by atoms with E-state index in [1.54, 1.807) is 7.11 Å². The summed E-state index contributed by atoms with van der Waals surface area (Å²) in [6.07, 6.45) is 0.434. The molecule has 1 aromatic rings. The second-order valence-corrected chi connectivity index (χ2v) is 3.79. The summed E-state index contributed by atoms with van der Waals surface area (Å²) < 4.78 is 5.21. The van der Waals surface area contributed by atoms with Crippen molar-refractivity contribution >= 4 is 5.69 Å². The van der Waals surface area contributed by atoms with Crippen LogP contribution in [0.3, 0.4) is 0 Å². The number of ether oxygens (including phenoxy) is 1. The van der Waals surface area contributed by atoms with Gasteiger partial charge in [-0.25, -0.2) is 0 Å². The minimum Gasteiger partial charge on any atom is -0.399 e. The second-order valence-electron chi connectivity index (χ2n) is 3.79. The molecule has 0 bridgehead atoms. The van der Waals surface area contributed by atoms with Gasteiger partial charge in [0.05, 0.1) is 6.10 Å². The van der Waals surface area contributed by atoms with Crippen LogP contribution in [0.5, 0.6) is 0 Å². The molecule has 14 heavy (non-hydrogen) atoms. The Bertz CT molecular complexity index is 291. The lowest BCUT2D eigenvalue weighted by Crippen LogP contribution is -2.50. The van der Waals surface area contributed by atoms with Gasteiger partial charge in [-0.3, -0.25) is 4.90 Å². The van der Waals surface area contributed by atoms with Crippen molar-refractivity contribution in [1.29, 1.82) is 0 Å². The fourth-order valence-electron chi connectivity index (χ4n) is 1.68. The van der Waals surface area contributed by atoms with E-state index in [0.717, 1.165) is 25.3 Å². The fourth-order valence-corrected chi connectivity index (χ4v) is 1.68. The number of likely N-dealkylation sites (tertiary alicyclic amines) is 1. The molecule has 1 aliphatic heterocycles. The van der Waals surface area contributed by atoms with Crippen LogP contribution in [0.2, 0.25) is 0 Å². The summed E-state index contributed by atoms with van der Waals surface area (Å²) in [5.41, 5.74) is 7.75. The number of rotatable bonds is 3. The van der Waals surface area contributed by atoms with Gasteiger partial charge in [-0.1, -0.05) is 12.1 Å². The highest BCUT2D eigenvalue weighted by molar-refractivity contribution is 5.39. The van der Waals surface area contributed by atoms with Crippen LogP contribution in [0.1, 0.15) is 5.56 Å². The third-order valence-electron chi connectivity index (χ3n) is 2.64. The number of benzene rings is 1. The van der Waals surface area contributed by atoms with Gasteiger partial charge in [-0.05, 0) is 17.7 Å². The van der Waals surface area contributed by atoms with Crippen molar-refractivity contribution in [3.63, 3.8) is 0 Å². The number of methoxy groups -OCH3 is 1. The van der Waals surface area contributed by atoms with E-state index in [2.05, 4.69) is 17.0 Å². The van der Waals surface area contributed by atoms with Crippen LogP contribution in [0, 0.1) is 0 Å². The number of nitrogen functional groups attached to an aromatic ring is 1. The van der Waals surface area contributed by atoms with Gasteiger partial charge < -0.3 is 10.5 Å². The van der Waals surface area contributed by atoms with Gasteiger partial charge in [0.25, 0.3) is 0 Å². The fraction of sp³-hybridized carbons (Fsp3) is 0.455. The van der Waals surface area contributed by atoms with E-state index in [9.17, 15) is 0 Å². The summed E-state index contributed by atoms with van der Waals surface area (Å²) >= 11 is 0. The van der Waals surface area contributed by atoms with Gasteiger partial charge in [0.1, 0.15) is 0 Å². The predicted octanol–water partition coefficient (Wildman–Crippen LogP) is 1.10. The normalized spacial score (nSPS) is 18.1. The van der Waals surface area contributed by atoms with Crippen LogP contribution in [0.25, 0.3) is 0 Å². The van der Waals surface area contributed by atoms with Gasteiger partial charge >= 0.3 is 0 Å². The molecule has 3 nitrogen and oxygen atoms in total. The lowest BCUT2D eigenvalue weighted by Gasteiger charge is -2.38. The average Bonchev–Trinajstić information content (AvgIpc) is 2.13. The van der Waals surface area contributed by atoms with Crippen molar-refractivity contribution in [3.8, 4) is 0 Å². The van der Waals surface area contributed by atoms with Crippen molar-refractivity contribution in [2.45, 2.75) is 12.6 Å². The van der Waals surface area contributed by atoms with Gasteiger partial charge in [0.15, 0.2) is 0 Å². The Morgan fingerprint density at radius 1 is 1.36 bits per heavy atom. The summed E-state index contributed by atoms with van der Waals surface area (Å²) in [4.78, 5) is 2.36. The topological polar surface area (TPSA) is 38.5 Å². The first kappa shape index (κ1) is 9.49. The van der Waals surface area contributed by atoms with Gasteiger partial charge in [-0.15, -0.1) is 0 Å². The van der Waals surface area contributed by atoms with Crippen molar-refractivity contribution in [2.24, 2.45) is 0 Å². The highest BCUT2D eigenvalue weighted by Crippen LogP contribution is 2.15. The molecule has 3 heteroatoms. The maximum Gasteiger partial charge on any atom is 0.0825 e. The standard InChI is InChI=1S/C11H16N2O/c1-14-11-7-13(8-11)6-9-2-4-10(12)5-3-9/h2-5,11H,6-8,12H2,1H3. The molecule has 0 amide bonds. The van der Waals surface area contributed by atoms with Crippen LogP contribution in [-0.4, -0.2) is 31.2 Å². The summed E-state index contributed by atoms with van der Waals surface area (Å²) in [6, 6.07) is 8.05. The second kappa shape index (κ2) is 3.98. The van der Waals surface area contributed by atoms with E-state index in [-0.39, 0.29) is 0 Å². The molecule has 1 aliphatic rings. The Balaban J connectivity index is 1.84. The molecular formula is C11H16N2O. The third kappa shape index (κ3) is 2.05. The molecule has 0 atom stereocenters. The first-order chi connectivity index (χ1) is 6.78. The maximum atomic E-state index is 5.61. The summed E-state index contributed by atoms with van der Waals surface area (Å²) in [7, 11) is 1.77. The molecule has 76 valence electrons. The molecule has 1 saturated heterocycles. The Morgan fingerprint density at radius 2 is 2.00 bits per heavy atom. The molecule has 0 aliphatic carbocycles. The van der Waals surface area contributed by atoms with Gasteiger partial charge in [-0.2, -0.15) is 0 Å². The molecule has 0 spiro atoms. The molecule has 1 heterocycles. The van der Waals surface area contributed by atoms with E-state index in [1.165, 1.54) is 5.56 Å². The Hall–Kier alpha value is -1.06. The summed E-state index contributed by atoms with van der Waals surface area (Å²) in [6.45, 7) is 3.09. The van der Waals surface area contributed by atoms with Crippen LogP contribution in [0.15, 0.2) is 24.3 Å². The number of anilines is 1. The summed E-state index contributed by atoms with van der Waals surface area (Å²) in [5.74, 6) is 0. The van der Waals surface area contributed by atoms with E-state index >= 15 is 0 Å². The zero-order chi connectivity index (χ0) is 9.97. The van der Waals surface area contributed by atoms with Crippen molar-refractivity contribution < 1.29 is 4.74 Å². The van der Waals surface area contributed by atoms with Crippen LogP contribution < -0.4 is 5.73 Å². The number of hydrogen-bond acceptors (Lipinski definition) is 3. The largest absolute Gasteiger partial charge is 0.399 e. The predicted molar refractivity (Wildman–Crippen MR) is 56.9 cm³/mol. The highest BCUT2D eigenvalue weighted by Gasteiger charge is 2.25. The minimum atomic E-state index is 0.434. The zero-order valence-corrected chi connectivity index (χ0v) is 8.44. The Morgan fingerprint density at radius 3 is 2.57 bits per heavy atom. The molecule has 1 fully saturated rings. The molecule has 0 saturated carbocycles. The number of hydrogen-bond donors (Lipinski definition) is 1. The zero-order valence-electron chi connectivity index (χ0n) is 8.44. The van der Waals surface area contributed by atoms with Gasteiger partial charge in [0.2, 0.25) is 0 Å². The van der Waals surface area contributed by atoms with Crippen molar-refractivity contribution in [3.05, 3.63) is 29.8 Å². The molecule has 2 rings (SSSR count). The average molecular weight is 192 g/mol. The lowest BCUT2D eigenvalue weighted by molar-refractivity contribution is -0.0333. The molecule has 1 aromatic carbocycles. The first-order valence-electron chi connectivity index (χ1n) is 4.87. The SMILES string of the molecule is COC1CN(Cc2ccc(N)cc2)C1. The monoisotopic (exact) mass is 192 g/mol. The Labute approximate surface area is 84.5 Å². The molecular weight excluding hydrogens is 176 g/mol. The third-order valence-corrected chi connectivity index (χ3v) is 2.64. The quantitative estimate of drug-likeness (QED) is 0.729. The van der Waals surface area contributed by atoms with E-state index < -0.39 is 0 Å². The minimum absolute atomic E-state index is 0.434. The lowest BCUT2D eigenvalue weighted by atomic mass is 10.1. The number of nitrogens with two attached hydrogens (primary N) is 1. The van der Waals surface area contributed by atoms with Crippen molar-refractivity contribution in [1.82, 2.24) is 4.90 Å². The highest BCUT2D eigenvalue weighted by atomic mass is 16.5. The van der Waals surface area contributed by atoms with E-state index in [4.69, 9.17) is 10.5 Å². The smallest absolute Gasteiger partial charge is 0.0825 e. The molecule has 2 N–H and O–H groups in total. The van der Waals surface area contributed by atoms with Crippen molar-refractivity contribution in [2.75, 3.05) is 25.9 Å². The molecule has 0 aromatic heterocycles. The molecule has 0 unspecified atom stereocenters. The molecule has 0 radical (unpaired) electrons. The Kier molecular flexibility index (Phi) is 2.70. The van der Waals surface area contributed by atoms with E-state index in [0.29, 0.717) is 6.10 Å². The van der Waals surface area contributed by atoms with E-state index in [1.807, 2.05) is 12.1 Å².